The average molecular weight is 267 g/mol. The van der Waals surface area contributed by atoms with E-state index >= 15 is 0 Å². The quantitative estimate of drug-likeness (QED) is 0.789. The molecule has 0 amide bonds. The van der Waals surface area contributed by atoms with Gasteiger partial charge in [-0.3, -0.25) is 9.67 Å². The molecule has 0 saturated carbocycles. The van der Waals surface area contributed by atoms with E-state index in [-0.39, 0.29) is 12.1 Å². The molecule has 0 fully saturated rings. The molecule has 2 heterocycles. The SMILES string of the molecule is CC(Nc1cnc2ccccc2n1)C(C)n1cccn1. The molecule has 5 nitrogen and oxygen atoms in total. The zero-order valence-corrected chi connectivity index (χ0v) is 11.6. The number of nitrogens with zero attached hydrogens (tertiary/aromatic N) is 4. The summed E-state index contributed by atoms with van der Waals surface area (Å²) in [5.74, 6) is 0.787. The molecule has 3 aromatic rings. The fraction of sp³-hybridized carbons (Fsp3) is 0.267. The number of anilines is 1. The van der Waals surface area contributed by atoms with E-state index in [1.807, 2.05) is 41.2 Å². The third-order valence-corrected chi connectivity index (χ3v) is 3.49. The van der Waals surface area contributed by atoms with Crippen LogP contribution in [0.15, 0.2) is 48.9 Å². The van der Waals surface area contributed by atoms with Crippen LogP contribution in [-0.4, -0.2) is 25.8 Å². The first-order valence-corrected chi connectivity index (χ1v) is 6.71. The van der Waals surface area contributed by atoms with Gasteiger partial charge in [-0.25, -0.2) is 4.98 Å². The molecule has 0 bridgehead atoms. The molecule has 0 aliphatic rings. The van der Waals surface area contributed by atoms with Crippen LogP contribution in [0, 0.1) is 0 Å². The molecule has 0 spiro atoms. The van der Waals surface area contributed by atoms with Crippen LogP contribution >= 0.6 is 0 Å². The minimum atomic E-state index is 0.199. The van der Waals surface area contributed by atoms with Crippen molar-refractivity contribution in [3.63, 3.8) is 0 Å². The molecule has 1 N–H and O–H groups in total. The predicted molar refractivity (Wildman–Crippen MR) is 79.6 cm³/mol. The van der Waals surface area contributed by atoms with Crippen LogP contribution in [0.2, 0.25) is 0 Å². The monoisotopic (exact) mass is 267 g/mol. The highest BCUT2D eigenvalue weighted by atomic mass is 15.3. The molecule has 0 aliphatic heterocycles. The number of para-hydroxylation sites is 2. The van der Waals surface area contributed by atoms with E-state index in [2.05, 4.69) is 34.2 Å². The Hall–Kier alpha value is -2.43. The van der Waals surface area contributed by atoms with Crippen LogP contribution in [0.25, 0.3) is 11.0 Å². The van der Waals surface area contributed by atoms with Crippen molar-refractivity contribution in [2.75, 3.05) is 5.32 Å². The summed E-state index contributed by atoms with van der Waals surface area (Å²) < 4.78 is 1.94. The van der Waals surface area contributed by atoms with Crippen molar-refractivity contribution in [1.82, 2.24) is 19.7 Å². The van der Waals surface area contributed by atoms with Gasteiger partial charge in [-0.2, -0.15) is 5.10 Å². The molecule has 0 radical (unpaired) electrons. The van der Waals surface area contributed by atoms with Crippen molar-refractivity contribution in [3.8, 4) is 0 Å². The van der Waals surface area contributed by atoms with Crippen LogP contribution in [-0.2, 0) is 0 Å². The number of nitrogens with one attached hydrogen (secondary N) is 1. The Bertz CT molecular complexity index is 692. The zero-order chi connectivity index (χ0) is 13.9. The van der Waals surface area contributed by atoms with Crippen molar-refractivity contribution in [2.45, 2.75) is 25.9 Å². The standard InChI is InChI=1S/C15H17N5/c1-11(12(2)20-9-5-8-17-20)18-15-10-16-13-6-3-4-7-14(13)19-15/h3-12H,1-2H3,(H,18,19). The number of rotatable bonds is 4. The van der Waals surface area contributed by atoms with Crippen molar-refractivity contribution in [1.29, 1.82) is 0 Å². The fourth-order valence-corrected chi connectivity index (χ4v) is 2.13. The van der Waals surface area contributed by atoms with E-state index in [9.17, 15) is 0 Å². The molecule has 2 atom stereocenters. The van der Waals surface area contributed by atoms with Gasteiger partial charge in [0.05, 0.1) is 23.3 Å². The van der Waals surface area contributed by atoms with Crippen molar-refractivity contribution < 1.29 is 0 Å². The van der Waals surface area contributed by atoms with Crippen molar-refractivity contribution in [2.24, 2.45) is 0 Å². The molecule has 2 aromatic heterocycles. The highest BCUT2D eigenvalue weighted by Gasteiger charge is 2.14. The molecular formula is C15H17N5. The molecular weight excluding hydrogens is 250 g/mol. The Morgan fingerprint density at radius 1 is 1.10 bits per heavy atom. The van der Waals surface area contributed by atoms with Gasteiger partial charge in [0.25, 0.3) is 0 Å². The van der Waals surface area contributed by atoms with Gasteiger partial charge < -0.3 is 5.32 Å². The summed E-state index contributed by atoms with van der Waals surface area (Å²) >= 11 is 0. The van der Waals surface area contributed by atoms with Crippen LogP contribution in [0.1, 0.15) is 19.9 Å². The van der Waals surface area contributed by atoms with Gasteiger partial charge in [-0.05, 0) is 32.0 Å². The number of hydrogen-bond donors (Lipinski definition) is 1. The Labute approximate surface area is 117 Å². The van der Waals surface area contributed by atoms with Crippen LogP contribution < -0.4 is 5.32 Å². The van der Waals surface area contributed by atoms with Gasteiger partial charge >= 0.3 is 0 Å². The van der Waals surface area contributed by atoms with Crippen LogP contribution in [0.3, 0.4) is 0 Å². The van der Waals surface area contributed by atoms with Crippen LogP contribution in [0.4, 0.5) is 5.82 Å². The highest BCUT2D eigenvalue weighted by Crippen LogP contribution is 2.16. The van der Waals surface area contributed by atoms with E-state index in [4.69, 9.17) is 0 Å². The maximum Gasteiger partial charge on any atom is 0.145 e. The first-order chi connectivity index (χ1) is 9.74. The summed E-state index contributed by atoms with van der Waals surface area (Å²) in [5, 5.41) is 7.66. The molecule has 102 valence electrons. The van der Waals surface area contributed by atoms with E-state index in [0.29, 0.717) is 0 Å². The van der Waals surface area contributed by atoms with E-state index in [1.54, 1.807) is 12.4 Å². The Morgan fingerprint density at radius 3 is 2.65 bits per heavy atom. The largest absolute Gasteiger partial charge is 0.364 e. The second-order valence-corrected chi connectivity index (χ2v) is 4.90. The lowest BCUT2D eigenvalue weighted by molar-refractivity contribution is 0.443. The Balaban J connectivity index is 1.78. The van der Waals surface area contributed by atoms with Crippen molar-refractivity contribution in [3.05, 3.63) is 48.9 Å². The lowest BCUT2D eigenvalue weighted by Crippen LogP contribution is -2.27. The molecule has 2 unspecified atom stereocenters. The smallest absolute Gasteiger partial charge is 0.145 e. The van der Waals surface area contributed by atoms with Gasteiger partial charge in [0.15, 0.2) is 0 Å². The summed E-state index contributed by atoms with van der Waals surface area (Å²) in [6.45, 7) is 4.24. The first kappa shape index (κ1) is 12.6. The maximum atomic E-state index is 4.58. The molecule has 5 heteroatoms. The third-order valence-electron chi connectivity index (χ3n) is 3.49. The summed E-state index contributed by atoms with van der Waals surface area (Å²) in [6, 6.07) is 10.2. The summed E-state index contributed by atoms with van der Waals surface area (Å²) in [5.41, 5.74) is 1.81. The van der Waals surface area contributed by atoms with Gasteiger partial charge in [0.1, 0.15) is 5.82 Å². The lowest BCUT2D eigenvalue weighted by atomic mass is 10.2. The minimum Gasteiger partial charge on any atom is -0.364 e. The number of benzene rings is 1. The minimum absolute atomic E-state index is 0.199. The van der Waals surface area contributed by atoms with E-state index in [1.165, 1.54) is 0 Å². The number of fused-ring (bicyclic) bond motifs is 1. The van der Waals surface area contributed by atoms with Gasteiger partial charge in [0.2, 0.25) is 0 Å². The third kappa shape index (κ3) is 2.47. The molecule has 1 aromatic carbocycles. The second kappa shape index (κ2) is 5.28. The topological polar surface area (TPSA) is 55.6 Å². The molecule has 20 heavy (non-hydrogen) atoms. The average Bonchev–Trinajstić information content (AvgIpc) is 3.00. The number of hydrogen-bond acceptors (Lipinski definition) is 4. The molecule has 3 rings (SSSR count). The lowest BCUT2D eigenvalue weighted by Gasteiger charge is -2.22. The highest BCUT2D eigenvalue weighted by molar-refractivity contribution is 5.75. The van der Waals surface area contributed by atoms with Gasteiger partial charge in [-0.15, -0.1) is 0 Å². The van der Waals surface area contributed by atoms with Crippen molar-refractivity contribution >= 4 is 16.9 Å². The summed E-state index contributed by atoms with van der Waals surface area (Å²) in [7, 11) is 0. The van der Waals surface area contributed by atoms with Crippen LogP contribution in [0.5, 0.6) is 0 Å². The Morgan fingerprint density at radius 2 is 1.90 bits per heavy atom. The summed E-state index contributed by atoms with van der Waals surface area (Å²) in [4.78, 5) is 8.98. The van der Waals surface area contributed by atoms with E-state index < -0.39 is 0 Å². The normalized spacial score (nSPS) is 14.1. The summed E-state index contributed by atoms with van der Waals surface area (Å²) in [6.07, 6.45) is 5.53. The number of aromatic nitrogens is 4. The van der Waals surface area contributed by atoms with E-state index in [0.717, 1.165) is 16.9 Å². The molecule has 0 saturated heterocycles. The predicted octanol–water partition coefficient (Wildman–Crippen LogP) is 2.89. The second-order valence-electron chi connectivity index (χ2n) is 4.90. The first-order valence-electron chi connectivity index (χ1n) is 6.71. The van der Waals surface area contributed by atoms with Gasteiger partial charge in [0, 0.05) is 18.4 Å². The Kier molecular flexibility index (Phi) is 3.33. The fourth-order valence-electron chi connectivity index (χ4n) is 2.13. The maximum absolute atomic E-state index is 4.58. The van der Waals surface area contributed by atoms with Gasteiger partial charge in [-0.1, -0.05) is 12.1 Å². The molecule has 0 aliphatic carbocycles. The zero-order valence-electron chi connectivity index (χ0n) is 11.6.